The Kier molecular flexibility index (Phi) is 5.02. The summed E-state index contributed by atoms with van der Waals surface area (Å²) in [6.45, 7) is 0.341. The van der Waals surface area contributed by atoms with E-state index in [0.29, 0.717) is 18.7 Å². The van der Waals surface area contributed by atoms with Crippen LogP contribution in [0.2, 0.25) is 5.02 Å². The van der Waals surface area contributed by atoms with Crippen LogP contribution in [0.4, 0.5) is 15.8 Å². The topological polar surface area (TPSA) is 66.5 Å². The van der Waals surface area contributed by atoms with E-state index in [9.17, 15) is 17.6 Å². The van der Waals surface area contributed by atoms with Crippen LogP contribution in [0.15, 0.2) is 71.6 Å². The second kappa shape index (κ2) is 7.50. The highest BCUT2D eigenvalue weighted by molar-refractivity contribution is 7.92. The number of sulfonamides is 1. The molecule has 0 spiro atoms. The number of carbonyl (C=O) groups is 1. The summed E-state index contributed by atoms with van der Waals surface area (Å²) < 4.78 is 41.6. The Bertz CT molecular complexity index is 1210. The minimum atomic E-state index is -3.83. The Balaban J connectivity index is 1.62. The van der Waals surface area contributed by atoms with Crippen molar-refractivity contribution >= 4 is 38.9 Å². The molecule has 1 heterocycles. The van der Waals surface area contributed by atoms with E-state index in [4.69, 9.17) is 11.6 Å². The molecule has 0 fully saturated rings. The number of carbonyl (C=O) groups excluding carboxylic acids is 1. The number of fused-ring (bicyclic) bond motifs is 1. The third-order valence-corrected chi connectivity index (χ3v) is 6.75. The first kappa shape index (κ1) is 19.4. The fraction of sp³-hybridized carbons (Fsp3) is 0.0952. The van der Waals surface area contributed by atoms with E-state index in [2.05, 4.69) is 5.32 Å². The number of anilines is 2. The minimum absolute atomic E-state index is 0.00145. The molecular weight excluding hydrogens is 415 g/mol. The summed E-state index contributed by atoms with van der Waals surface area (Å²) in [5, 5.41) is 2.64. The fourth-order valence-corrected chi connectivity index (χ4v) is 4.98. The average molecular weight is 431 g/mol. The molecule has 0 saturated carbocycles. The molecule has 0 unspecified atom stereocenters. The predicted molar refractivity (Wildman–Crippen MR) is 110 cm³/mol. The highest BCUT2D eigenvalue weighted by Gasteiger charge is 2.31. The first-order valence-electron chi connectivity index (χ1n) is 8.83. The standard InChI is InChI=1S/C21H16ClFN2O3S/c22-16-8-9-19(18(23)13-16)24-21(26)15-5-3-6-17(12-15)29(27,28)25-11-10-14-4-1-2-7-20(14)25/h1-9,12-13H,10-11H2,(H,24,26). The van der Waals surface area contributed by atoms with Crippen molar-refractivity contribution in [3.05, 3.63) is 88.7 Å². The maximum atomic E-state index is 13.9. The summed E-state index contributed by atoms with van der Waals surface area (Å²) in [5.41, 5.74) is 1.67. The molecule has 0 atom stereocenters. The van der Waals surface area contributed by atoms with Crippen LogP contribution in [-0.4, -0.2) is 20.9 Å². The molecule has 1 aliphatic rings. The molecule has 3 aromatic rings. The number of benzene rings is 3. The van der Waals surface area contributed by atoms with E-state index in [0.717, 1.165) is 11.6 Å². The maximum absolute atomic E-state index is 13.9. The summed E-state index contributed by atoms with van der Waals surface area (Å²) in [6.07, 6.45) is 0.630. The van der Waals surface area contributed by atoms with Gasteiger partial charge in [-0.1, -0.05) is 35.9 Å². The molecule has 148 valence electrons. The van der Waals surface area contributed by atoms with E-state index in [1.54, 1.807) is 12.1 Å². The average Bonchev–Trinajstić information content (AvgIpc) is 3.15. The maximum Gasteiger partial charge on any atom is 0.264 e. The Morgan fingerprint density at radius 2 is 1.83 bits per heavy atom. The third kappa shape index (κ3) is 3.71. The molecule has 4 rings (SSSR count). The highest BCUT2D eigenvalue weighted by atomic mass is 35.5. The monoisotopic (exact) mass is 430 g/mol. The summed E-state index contributed by atoms with van der Waals surface area (Å²) in [6, 6.07) is 16.9. The number of nitrogens with one attached hydrogen (secondary N) is 1. The molecule has 1 aliphatic heterocycles. The summed E-state index contributed by atoms with van der Waals surface area (Å²) in [5.74, 6) is -1.30. The lowest BCUT2D eigenvalue weighted by Crippen LogP contribution is -2.29. The van der Waals surface area contributed by atoms with Crippen molar-refractivity contribution in [3.63, 3.8) is 0 Å². The summed E-state index contributed by atoms with van der Waals surface area (Å²) in [7, 11) is -3.83. The Labute approximate surface area is 172 Å². The molecular formula is C21H16ClFN2O3S. The lowest BCUT2D eigenvalue weighted by Gasteiger charge is -2.20. The van der Waals surface area contributed by atoms with E-state index < -0.39 is 21.7 Å². The quantitative estimate of drug-likeness (QED) is 0.663. The van der Waals surface area contributed by atoms with Crippen LogP contribution in [0.3, 0.4) is 0 Å². The van der Waals surface area contributed by atoms with Gasteiger partial charge in [0.1, 0.15) is 5.82 Å². The van der Waals surface area contributed by atoms with Gasteiger partial charge in [-0.15, -0.1) is 0 Å². The van der Waals surface area contributed by atoms with Gasteiger partial charge in [-0.3, -0.25) is 9.10 Å². The van der Waals surface area contributed by atoms with Crippen molar-refractivity contribution in [1.82, 2.24) is 0 Å². The van der Waals surface area contributed by atoms with Gasteiger partial charge < -0.3 is 5.32 Å². The molecule has 3 aromatic carbocycles. The second-order valence-corrected chi connectivity index (χ2v) is 8.86. The van der Waals surface area contributed by atoms with Crippen LogP contribution in [0, 0.1) is 5.82 Å². The minimum Gasteiger partial charge on any atom is -0.319 e. The van der Waals surface area contributed by atoms with Crippen molar-refractivity contribution in [2.75, 3.05) is 16.2 Å². The van der Waals surface area contributed by atoms with E-state index in [-0.39, 0.29) is 21.2 Å². The predicted octanol–water partition coefficient (Wildman–Crippen LogP) is 4.48. The molecule has 0 aromatic heterocycles. The van der Waals surface area contributed by atoms with Crippen LogP contribution in [0.5, 0.6) is 0 Å². The Morgan fingerprint density at radius 3 is 2.62 bits per heavy atom. The zero-order chi connectivity index (χ0) is 20.6. The molecule has 5 nitrogen and oxygen atoms in total. The van der Waals surface area contributed by atoms with Gasteiger partial charge >= 0.3 is 0 Å². The van der Waals surface area contributed by atoms with Crippen molar-refractivity contribution in [3.8, 4) is 0 Å². The number of halogens is 2. The number of hydrogen-bond acceptors (Lipinski definition) is 3. The van der Waals surface area contributed by atoms with Crippen LogP contribution in [-0.2, 0) is 16.4 Å². The van der Waals surface area contributed by atoms with Crippen LogP contribution < -0.4 is 9.62 Å². The van der Waals surface area contributed by atoms with Gasteiger partial charge in [0.25, 0.3) is 15.9 Å². The molecule has 8 heteroatoms. The number of nitrogens with zero attached hydrogens (tertiary/aromatic N) is 1. The SMILES string of the molecule is O=C(Nc1ccc(Cl)cc1F)c1cccc(S(=O)(=O)N2CCc3ccccc32)c1. The first-order valence-corrected chi connectivity index (χ1v) is 10.7. The molecule has 0 saturated heterocycles. The normalized spacial score (nSPS) is 13.2. The third-order valence-electron chi connectivity index (χ3n) is 4.71. The van der Waals surface area contributed by atoms with E-state index >= 15 is 0 Å². The lowest BCUT2D eigenvalue weighted by molar-refractivity contribution is 0.102. The van der Waals surface area contributed by atoms with Gasteiger partial charge in [-0.2, -0.15) is 0 Å². The Hall–Kier alpha value is -2.90. The number of rotatable bonds is 4. The van der Waals surface area contributed by atoms with Gasteiger partial charge in [-0.05, 0) is 54.4 Å². The molecule has 29 heavy (non-hydrogen) atoms. The van der Waals surface area contributed by atoms with Gasteiger partial charge in [0, 0.05) is 17.1 Å². The van der Waals surface area contributed by atoms with Gasteiger partial charge in [0.15, 0.2) is 0 Å². The summed E-state index contributed by atoms with van der Waals surface area (Å²) in [4.78, 5) is 12.5. The van der Waals surface area contributed by atoms with E-state index in [1.165, 1.54) is 40.7 Å². The first-order chi connectivity index (χ1) is 13.9. The second-order valence-electron chi connectivity index (χ2n) is 6.56. The number of hydrogen-bond donors (Lipinski definition) is 1. The molecule has 0 aliphatic carbocycles. The zero-order valence-electron chi connectivity index (χ0n) is 15.1. The van der Waals surface area contributed by atoms with Crippen molar-refractivity contribution in [2.45, 2.75) is 11.3 Å². The van der Waals surface area contributed by atoms with Crippen LogP contribution in [0.1, 0.15) is 15.9 Å². The van der Waals surface area contributed by atoms with Gasteiger partial charge in [0.05, 0.1) is 16.3 Å². The zero-order valence-corrected chi connectivity index (χ0v) is 16.7. The van der Waals surface area contributed by atoms with Crippen LogP contribution in [0.25, 0.3) is 0 Å². The largest absolute Gasteiger partial charge is 0.319 e. The number of amides is 1. The highest BCUT2D eigenvalue weighted by Crippen LogP contribution is 2.32. The molecule has 1 amide bonds. The lowest BCUT2D eigenvalue weighted by atomic mass is 10.2. The van der Waals surface area contributed by atoms with Gasteiger partial charge in [0.2, 0.25) is 0 Å². The van der Waals surface area contributed by atoms with Crippen molar-refractivity contribution in [2.24, 2.45) is 0 Å². The van der Waals surface area contributed by atoms with Gasteiger partial charge in [-0.25, -0.2) is 12.8 Å². The number of para-hydroxylation sites is 1. The molecule has 0 radical (unpaired) electrons. The van der Waals surface area contributed by atoms with Crippen molar-refractivity contribution in [1.29, 1.82) is 0 Å². The smallest absolute Gasteiger partial charge is 0.264 e. The van der Waals surface area contributed by atoms with Crippen LogP contribution >= 0.6 is 11.6 Å². The fourth-order valence-electron chi connectivity index (χ4n) is 3.27. The molecule has 1 N–H and O–H groups in total. The van der Waals surface area contributed by atoms with Crippen molar-refractivity contribution < 1.29 is 17.6 Å². The molecule has 0 bridgehead atoms. The Morgan fingerprint density at radius 1 is 1.03 bits per heavy atom. The van der Waals surface area contributed by atoms with E-state index in [1.807, 2.05) is 12.1 Å². The summed E-state index contributed by atoms with van der Waals surface area (Å²) >= 11 is 5.72.